The molecular formula is C17H19NO. The molecule has 1 aliphatic heterocycles. The maximum atomic E-state index is 6.32. The van der Waals surface area contributed by atoms with Crippen molar-refractivity contribution < 1.29 is 4.74 Å². The Bertz CT molecular complexity index is 550. The molecule has 0 unspecified atom stereocenters. The van der Waals surface area contributed by atoms with Crippen LogP contribution in [0.25, 0.3) is 0 Å². The summed E-state index contributed by atoms with van der Waals surface area (Å²) in [4.78, 5) is 0. The smallest absolute Gasteiger partial charge is 0.122 e. The number of fused-ring (bicyclic) bond motifs is 1. The van der Waals surface area contributed by atoms with E-state index in [1.165, 1.54) is 16.7 Å². The lowest BCUT2D eigenvalue weighted by Gasteiger charge is -2.20. The first-order chi connectivity index (χ1) is 9.33. The fourth-order valence-electron chi connectivity index (χ4n) is 2.60. The Kier molecular flexibility index (Phi) is 3.51. The van der Waals surface area contributed by atoms with Crippen LogP contribution in [0.15, 0.2) is 48.5 Å². The molecule has 0 saturated heterocycles. The van der Waals surface area contributed by atoms with E-state index < -0.39 is 0 Å². The fourth-order valence-corrected chi connectivity index (χ4v) is 2.60. The van der Waals surface area contributed by atoms with Gasteiger partial charge in [0.15, 0.2) is 0 Å². The molecule has 0 aliphatic carbocycles. The van der Waals surface area contributed by atoms with Crippen molar-refractivity contribution in [1.29, 1.82) is 0 Å². The second-order valence-corrected chi connectivity index (χ2v) is 5.12. The number of hydrogen-bond acceptors (Lipinski definition) is 2. The molecule has 2 heteroatoms. The summed E-state index contributed by atoms with van der Waals surface area (Å²) in [6.45, 7) is 0.836. The van der Waals surface area contributed by atoms with Gasteiger partial charge in [0.1, 0.15) is 5.75 Å². The summed E-state index contributed by atoms with van der Waals surface area (Å²) in [7, 11) is 0. The Balaban J connectivity index is 1.78. The monoisotopic (exact) mass is 253 g/mol. The molecule has 2 aromatic carbocycles. The van der Waals surface area contributed by atoms with E-state index in [0.717, 1.165) is 31.6 Å². The molecule has 0 radical (unpaired) electrons. The normalized spacial score (nSPS) is 15.4. The van der Waals surface area contributed by atoms with Crippen molar-refractivity contribution >= 4 is 0 Å². The molecule has 2 nitrogen and oxygen atoms in total. The van der Waals surface area contributed by atoms with E-state index >= 15 is 0 Å². The second-order valence-electron chi connectivity index (χ2n) is 5.12. The third-order valence-corrected chi connectivity index (χ3v) is 3.66. The molecule has 0 saturated carbocycles. The molecule has 1 aliphatic rings. The summed E-state index contributed by atoms with van der Waals surface area (Å²) in [6.07, 6.45) is 3.08. The zero-order valence-electron chi connectivity index (χ0n) is 11.0. The topological polar surface area (TPSA) is 35.2 Å². The second kappa shape index (κ2) is 5.45. The number of ether oxygens (including phenoxy) is 1. The van der Waals surface area contributed by atoms with Gasteiger partial charge in [0.2, 0.25) is 0 Å². The zero-order chi connectivity index (χ0) is 13.1. The van der Waals surface area contributed by atoms with Crippen LogP contribution in [-0.4, -0.2) is 6.61 Å². The Hall–Kier alpha value is -1.80. The molecule has 1 heterocycles. The number of hydrogen-bond donors (Lipinski definition) is 1. The minimum Gasteiger partial charge on any atom is -0.493 e. The SMILES string of the molecule is N[C@@H](Cc1ccccc1)c1ccc2c(c1)CCCO2. The minimum absolute atomic E-state index is 0.0506. The van der Waals surface area contributed by atoms with Gasteiger partial charge in [-0.3, -0.25) is 0 Å². The van der Waals surface area contributed by atoms with Gasteiger partial charge in [0.05, 0.1) is 6.61 Å². The third kappa shape index (κ3) is 2.79. The standard InChI is InChI=1S/C17H19NO/c18-16(11-13-5-2-1-3-6-13)14-8-9-17-15(12-14)7-4-10-19-17/h1-3,5-6,8-9,12,16H,4,7,10-11,18H2/t16-/m0/s1. The van der Waals surface area contributed by atoms with Gasteiger partial charge in [-0.1, -0.05) is 42.5 Å². The summed E-state index contributed by atoms with van der Waals surface area (Å²) in [6, 6.07) is 16.8. The molecule has 0 bridgehead atoms. The van der Waals surface area contributed by atoms with E-state index in [2.05, 4.69) is 42.5 Å². The van der Waals surface area contributed by atoms with Gasteiger partial charge in [-0.2, -0.15) is 0 Å². The van der Waals surface area contributed by atoms with Crippen LogP contribution in [0.5, 0.6) is 5.75 Å². The maximum absolute atomic E-state index is 6.32. The van der Waals surface area contributed by atoms with Gasteiger partial charge in [0.25, 0.3) is 0 Å². The van der Waals surface area contributed by atoms with Crippen LogP contribution in [0, 0.1) is 0 Å². The average Bonchev–Trinajstić information content (AvgIpc) is 2.48. The molecule has 19 heavy (non-hydrogen) atoms. The van der Waals surface area contributed by atoms with Gasteiger partial charge in [-0.25, -0.2) is 0 Å². The zero-order valence-corrected chi connectivity index (χ0v) is 11.0. The maximum Gasteiger partial charge on any atom is 0.122 e. The van der Waals surface area contributed by atoms with Crippen LogP contribution in [-0.2, 0) is 12.8 Å². The van der Waals surface area contributed by atoms with E-state index in [-0.39, 0.29) is 6.04 Å². The highest BCUT2D eigenvalue weighted by Gasteiger charge is 2.13. The highest BCUT2D eigenvalue weighted by molar-refractivity contribution is 5.40. The Morgan fingerprint density at radius 1 is 1.11 bits per heavy atom. The third-order valence-electron chi connectivity index (χ3n) is 3.66. The average molecular weight is 253 g/mol. The van der Waals surface area contributed by atoms with Gasteiger partial charge in [-0.15, -0.1) is 0 Å². The van der Waals surface area contributed by atoms with Crippen LogP contribution in [0.2, 0.25) is 0 Å². The van der Waals surface area contributed by atoms with Crippen LogP contribution >= 0.6 is 0 Å². The lowest BCUT2D eigenvalue weighted by molar-refractivity contribution is 0.288. The van der Waals surface area contributed by atoms with Crippen molar-refractivity contribution in [3.63, 3.8) is 0 Å². The van der Waals surface area contributed by atoms with Gasteiger partial charge >= 0.3 is 0 Å². The lowest BCUT2D eigenvalue weighted by Crippen LogP contribution is -2.15. The summed E-state index contributed by atoms with van der Waals surface area (Å²) in [5.74, 6) is 1.03. The Morgan fingerprint density at radius 3 is 2.79 bits per heavy atom. The first-order valence-electron chi connectivity index (χ1n) is 6.88. The van der Waals surface area contributed by atoms with Crippen LogP contribution in [0.4, 0.5) is 0 Å². The molecule has 2 aromatic rings. The molecule has 0 amide bonds. The first kappa shape index (κ1) is 12.2. The summed E-state index contributed by atoms with van der Waals surface area (Å²) in [5, 5.41) is 0. The molecule has 3 rings (SSSR count). The fraction of sp³-hybridized carbons (Fsp3) is 0.294. The molecular weight excluding hydrogens is 234 g/mol. The molecule has 0 fully saturated rings. The quantitative estimate of drug-likeness (QED) is 0.911. The summed E-state index contributed by atoms with van der Waals surface area (Å²) in [5.41, 5.74) is 10.1. The lowest BCUT2D eigenvalue weighted by atomic mass is 9.96. The Morgan fingerprint density at radius 2 is 1.95 bits per heavy atom. The summed E-state index contributed by atoms with van der Waals surface area (Å²) >= 11 is 0. The highest BCUT2D eigenvalue weighted by Crippen LogP contribution is 2.28. The van der Waals surface area contributed by atoms with Gasteiger partial charge < -0.3 is 10.5 Å². The number of aryl methyl sites for hydroxylation is 1. The van der Waals surface area contributed by atoms with Gasteiger partial charge in [-0.05, 0) is 42.0 Å². The van der Waals surface area contributed by atoms with E-state index in [9.17, 15) is 0 Å². The molecule has 2 N–H and O–H groups in total. The predicted octanol–water partition coefficient (Wildman–Crippen LogP) is 3.25. The minimum atomic E-state index is 0.0506. The number of nitrogens with two attached hydrogens (primary N) is 1. The summed E-state index contributed by atoms with van der Waals surface area (Å²) < 4.78 is 5.64. The van der Waals surface area contributed by atoms with Gasteiger partial charge in [0, 0.05) is 6.04 Å². The van der Waals surface area contributed by atoms with E-state index in [1.807, 2.05) is 6.07 Å². The van der Waals surface area contributed by atoms with Crippen molar-refractivity contribution in [2.75, 3.05) is 6.61 Å². The number of benzene rings is 2. The number of rotatable bonds is 3. The van der Waals surface area contributed by atoms with E-state index in [0.29, 0.717) is 0 Å². The predicted molar refractivity (Wildman–Crippen MR) is 77.3 cm³/mol. The van der Waals surface area contributed by atoms with Crippen LogP contribution < -0.4 is 10.5 Å². The van der Waals surface area contributed by atoms with Crippen LogP contribution in [0.3, 0.4) is 0 Å². The molecule has 98 valence electrons. The molecule has 0 spiro atoms. The van der Waals surface area contributed by atoms with E-state index in [4.69, 9.17) is 10.5 Å². The van der Waals surface area contributed by atoms with Crippen molar-refractivity contribution in [2.45, 2.75) is 25.3 Å². The highest BCUT2D eigenvalue weighted by atomic mass is 16.5. The first-order valence-corrected chi connectivity index (χ1v) is 6.88. The molecule has 0 aromatic heterocycles. The van der Waals surface area contributed by atoms with Crippen molar-refractivity contribution in [2.24, 2.45) is 5.73 Å². The molecule has 1 atom stereocenters. The van der Waals surface area contributed by atoms with Crippen molar-refractivity contribution in [3.8, 4) is 5.75 Å². The van der Waals surface area contributed by atoms with Crippen molar-refractivity contribution in [3.05, 3.63) is 65.2 Å². The van der Waals surface area contributed by atoms with Crippen molar-refractivity contribution in [1.82, 2.24) is 0 Å². The van der Waals surface area contributed by atoms with E-state index in [1.54, 1.807) is 0 Å². The van der Waals surface area contributed by atoms with Crippen LogP contribution in [0.1, 0.15) is 29.2 Å². The largest absolute Gasteiger partial charge is 0.493 e. The Labute approximate surface area is 114 Å².